The van der Waals surface area contributed by atoms with Crippen LogP contribution >= 0.6 is 11.6 Å². The Morgan fingerprint density at radius 3 is 2.68 bits per heavy atom. The quantitative estimate of drug-likeness (QED) is 0.773. The van der Waals surface area contributed by atoms with Gasteiger partial charge in [0.15, 0.2) is 11.5 Å². The second kappa shape index (κ2) is 7.73. The number of carbonyl (C=O) groups is 1. The molecule has 1 saturated heterocycles. The normalized spacial score (nSPS) is 19.6. The van der Waals surface area contributed by atoms with Gasteiger partial charge >= 0.3 is 0 Å². The van der Waals surface area contributed by atoms with Crippen LogP contribution in [-0.2, 0) is 4.79 Å². The van der Waals surface area contributed by atoms with Gasteiger partial charge < -0.3 is 14.4 Å². The van der Waals surface area contributed by atoms with Crippen molar-refractivity contribution in [1.82, 2.24) is 4.90 Å². The lowest BCUT2D eigenvalue weighted by Gasteiger charge is -2.36. The average Bonchev–Trinajstić information content (AvgIpc) is 2.59. The van der Waals surface area contributed by atoms with Crippen LogP contribution in [0, 0.1) is 0 Å². The molecular formula is C17H24ClNO3. The highest BCUT2D eigenvalue weighted by atomic mass is 35.5. The van der Waals surface area contributed by atoms with Crippen molar-refractivity contribution in [3.05, 3.63) is 23.8 Å². The molecule has 0 spiro atoms. The number of ether oxygens (including phenoxy) is 2. The van der Waals surface area contributed by atoms with E-state index in [0.29, 0.717) is 17.5 Å². The Kier molecular flexibility index (Phi) is 5.95. The fourth-order valence-electron chi connectivity index (χ4n) is 3.01. The Morgan fingerprint density at radius 1 is 1.32 bits per heavy atom. The number of carbonyl (C=O) groups excluding carboxylic acids is 1. The van der Waals surface area contributed by atoms with Crippen LogP contribution in [0.1, 0.15) is 43.5 Å². The van der Waals surface area contributed by atoms with Crippen molar-refractivity contribution < 1.29 is 14.3 Å². The third kappa shape index (κ3) is 3.49. The number of rotatable bonds is 5. The van der Waals surface area contributed by atoms with Crippen LogP contribution < -0.4 is 9.47 Å². The van der Waals surface area contributed by atoms with Crippen molar-refractivity contribution in [3.8, 4) is 11.5 Å². The Balaban J connectivity index is 2.19. The van der Waals surface area contributed by atoms with Gasteiger partial charge in [-0.25, -0.2) is 0 Å². The van der Waals surface area contributed by atoms with Gasteiger partial charge in [-0.05, 0) is 43.4 Å². The zero-order chi connectivity index (χ0) is 16.1. The van der Waals surface area contributed by atoms with Crippen LogP contribution in [0.4, 0.5) is 0 Å². The van der Waals surface area contributed by atoms with Gasteiger partial charge in [-0.2, -0.15) is 0 Å². The molecule has 1 fully saturated rings. The summed E-state index contributed by atoms with van der Waals surface area (Å²) in [6.07, 6.45) is 4.28. The van der Waals surface area contributed by atoms with Crippen molar-refractivity contribution in [2.24, 2.45) is 0 Å². The number of amides is 1. The van der Waals surface area contributed by atoms with E-state index in [9.17, 15) is 4.79 Å². The fraction of sp³-hybridized carbons (Fsp3) is 0.588. The molecular weight excluding hydrogens is 302 g/mol. The first kappa shape index (κ1) is 16.9. The first-order valence-corrected chi connectivity index (χ1v) is 8.22. The molecule has 1 heterocycles. The standard InChI is InChI=1S/C17H24ClNO3/c1-4-13-7-5-6-10-19(13)17(20)16(18)12-8-9-14(21-2)15(11-12)22-3/h8-9,11,13,16H,4-7,10H2,1-3H3. The number of hydrogen-bond donors (Lipinski definition) is 0. The molecule has 1 aromatic rings. The summed E-state index contributed by atoms with van der Waals surface area (Å²) in [5.41, 5.74) is 0.741. The number of halogens is 1. The van der Waals surface area contributed by atoms with Gasteiger partial charge in [0.25, 0.3) is 0 Å². The molecule has 0 aromatic heterocycles. The number of alkyl halides is 1. The first-order chi connectivity index (χ1) is 10.6. The molecule has 1 aliphatic heterocycles. The van der Waals surface area contributed by atoms with Crippen molar-refractivity contribution >= 4 is 17.5 Å². The Labute approximate surface area is 137 Å². The van der Waals surface area contributed by atoms with Crippen LogP contribution in [0.3, 0.4) is 0 Å². The number of hydrogen-bond acceptors (Lipinski definition) is 3. The summed E-state index contributed by atoms with van der Waals surface area (Å²) in [7, 11) is 3.16. The lowest BCUT2D eigenvalue weighted by molar-refractivity contribution is -0.134. The molecule has 0 bridgehead atoms. The van der Waals surface area contributed by atoms with E-state index in [2.05, 4.69) is 6.92 Å². The highest BCUT2D eigenvalue weighted by Crippen LogP contribution is 2.34. The van der Waals surface area contributed by atoms with E-state index < -0.39 is 5.38 Å². The number of benzene rings is 1. The van der Waals surface area contributed by atoms with Crippen LogP contribution in [0.25, 0.3) is 0 Å². The molecule has 122 valence electrons. The zero-order valence-electron chi connectivity index (χ0n) is 13.5. The van der Waals surface area contributed by atoms with Gasteiger partial charge in [-0.15, -0.1) is 11.6 Å². The molecule has 0 aliphatic carbocycles. The zero-order valence-corrected chi connectivity index (χ0v) is 14.2. The van der Waals surface area contributed by atoms with E-state index in [4.69, 9.17) is 21.1 Å². The molecule has 1 aliphatic rings. The number of likely N-dealkylation sites (tertiary alicyclic amines) is 1. The molecule has 1 aromatic carbocycles. The molecule has 4 nitrogen and oxygen atoms in total. The predicted octanol–water partition coefficient (Wildman–Crippen LogP) is 3.77. The smallest absolute Gasteiger partial charge is 0.245 e. The molecule has 0 saturated carbocycles. The number of methoxy groups -OCH3 is 2. The van der Waals surface area contributed by atoms with E-state index in [1.54, 1.807) is 26.4 Å². The third-order valence-electron chi connectivity index (χ3n) is 4.30. The fourth-order valence-corrected chi connectivity index (χ4v) is 3.27. The maximum atomic E-state index is 12.7. The van der Waals surface area contributed by atoms with Crippen LogP contribution in [0.2, 0.25) is 0 Å². The van der Waals surface area contributed by atoms with Gasteiger partial charge in [0.05, 0.1) is 14.2 Å². The Morgan fingerprint density at radius 2 is 2.05 bits per heavy atom. The summed E-state index contributed by atoms with van der Waals surface area (Å²) >= 11 is 6.45. The maximum Gasteiger partial charge on any atom is 0.245 e. The minimum atomic E-state index is -0.688. The molecule has 0 radical (unpaired) electrons. The number of piperidine rings is 1. The minimum absolute atomic E-state index is 0.0135. The lowest BCUT2D eigenvalue weighted by atomic mass is 9.98. The minimum Gasteiger partial charge on any atom is -0.493 e. The Bertz CT molecular complexity index is 521. The van der Waals surface area contributed by atoms with Crippen molar-refractivity contribution in [1.29, 1.82) is 0 Å². The van der Waals surface area contributed by atoms with E-state index in [-0.39, 0.29) is 5.91 Å². The van der Waals surface area contributed by atoms with E-state index >= 15 is 0 Å². The topological polar surface area (TPSA) is 38.8 Å². The second-order valence-electron chi connectivity index (χ2n) is 5.57. The van der Waals surface area contributed by atoms with Crippen LogP contribution in [0.5, 0.6) is 11.5 Å². The molecule has 22 heavy (non-hydrogen) atoms. The first-order valence-electron chi connectivity index (χ1n) is 7.78. The van der Waals surface area contributed by atoms with Crippen LogP contribution in [0.15, 0.2) is 18.2 Å². The summed E-state index contributed by atoms with van der Waals surface area (Å²) in [5, 5.41) is -0.688. The van der Waals surface area contributed by atoms with Crippen molar-refractivity contribution in [2.75, 3.05) is 20.8 Å². The Hall–Kier alpha value is -1.42. The molecule has 0 N–H and O–H groups in total. The highest BCUT2D eigenvalue weighted by molar-refractivity contribution is 6.30. The summed E-state index contributed by atoms with van der Waals surface area (Å²) in [6, 6.07) is 5.69. The van der Waals surface area contributed by atoms with Crippen molar-refractivity contribution in [3.63, 3.8) is 0 Å². The highest BCUT2D eigenvalue weighted by Gasteiger charge is 2.30. The summed E-state index contributed by atoms with van der Waals surface area (Å²) < 4.78 is 10.5. The SMILES string of the molecule is CCC1CCCCN1C(=O)C(Cl)c1ccc(OC)c(OC)c1. The van der Waals surface area contributed by atoms with E-state index in [1.165, 1.54) is 6.42 Å². The monoisotopic (exact) mass is 325 g/mol. The molecule has 2 unspecified atom stereocenters. The lowest BCUT2D eigenvalue weighted by Crippen LogP contribution is -2.44. The van der Waals surface area contributed by atoms with Crippen LogP contribution in [-0.4, -0.2) is 37.6 Å². The van der Waals surface area contributed by atoms with Gasteiger partial charge in [0.1, 0.15) is 5.38 Å². The maximum absolute atomic E-state index is 12.7. The average molecular weight is 326 g/mol. The van der Waals surface area contributed by atoms with Gasteiger partial charge in [0.2, 0.25) is 5.91 Å². The summed E-state index contributed by atoms with van der Waals surface area (Å²) in [4.78, 5) is 14.7. The van der Waals surface area contributed by atoms with Crippen molar-refractivity contribution in [2.45, 2.75) is 44.0 Å². The van der Waals surface area contributed by atoms with Gasteiger partial charge in [0, 0.05) is 12.6 Å². The summed E-state index contributed by atoms with van der Waals surface area (Å²) in [5.74, 6) is 1.21. The largest absolute Gasteiger partial charge is 0.493 e. The predicted molar refractivity (Wildman–Crippen MR) is 87.8 cm³/mol. The second-order valence-corrected chi connectivity index (χ2v) is 6.00. The number of nitrogens with zero attached hydrogens (tertiary/aromatic N) is 1. The van der Waals surface area contributed by atoms with E-state index in [1.807, 2.05) is 11.0 Å². The van der Waals surface area contributed by atoms with Gasteiger partial charge in [-0.1, -0.05) is 13.0 Å². The van der Waals surface area contributed by atoms with Gasteiger partial charge in [-0.3, -0.25) is 4.79 Å². The third-order valence-corrected chi connectivity index (χ3v) is 4.74. The molecule has 1 amide bonds. The van der Waals surface area contributed by atoms with E-state index in [0.717, 1.165) is 31.4 Å². The molecule has 2 rings (SSSR count). The molecule has 2 atom stereocenters. The summed E-state index contributed by atoms with van der Waals surface area (Å²) in [6.45, 7) is 2.92. The molecule has 5 heteroatoms.